The third-order valence-corrected chi connectivity index (χ3v) is 2.14. The van der Waals surface area contributed by atoms with Gasteiger partial charge in [0.25, 0.3) is 0 Å². The molecule has 0 unspecified atom stereocenters. The van der Waals surface area contributed by atoms with Gasteiger partial charge in [-0.15, -0.1) is 0 Å². The first-order valence-corrected chi connectivity index (χ1v) is 3.78. The van der Waals surface area contributed by atoms with Crippen LogP contribution < -0.4 is 5.73 Å². The number of aliphatic hydroxyl groups excluding tert-OH is 1. The van der Waals surface area contributed by atoms with Crippen molar-refractivity contribution in [3.8, 4) is 0 Å². The van der Waals surface area contributed by atoms with Crippen molar-refractivity contribution in [3.05, 3.63) is 0 Å². The first kappa shape index (κ1) is 7.98. The van der Waals surface area contributed by atoms with Crippen molar-refractivity contribution in [2.24, 2.45) is 5.73 Å². The Morgan fingerprint density at radius 1 is 1.50 bits per heavy atom. The van der Waals surface area contributed by atoms with Crippen molar-refractivity contribution in [2.75, 3.05) is 19.8 Å². The van der Waals surface area contributed by atoms with Gasteiger partial charge in [0, 0.05) is 6.54 Å². The van der Waals surface area contributed by atoms with Crippen LogP contribution in [0.5, 0.6) is 0 Å². The molecule has 60 valence electrons. The fourth-order valence-corrected chi connectivity index (χ4v) is 1.24. The third kappa shape index (κ3) is 1.48. The van der Waals surface area contributed by atoms with Crippen LogP contribution in [0.25, 0.3) is 0 Å². The van der Waals surface area contributed by atoms with Gasteiger partial charge in [-0.25, -0.2) is 0 Å². The number of hydrogen-bond acceptors (Lipinski definition) is 3. The van der Waals surface area contributed by atoms with Crippen molar-refractivity contribution in [1.82, 2.24) is 0 Å². The molecule has 3 heteroatoms. The van der Waals surface area contributed by atoms with E-state index in [-0.39, 0.29) is 12.2 Å². The van der Waals surface area contributed by atoms with Gasteiger partial charge in [0.15, 0.2) is 0 Å². The summed E-state index contributed by atoms with van der Waals surface area (Å²) in [5.41, 5.74) is 5.44. The highest BCUT2D eigenvalue weighted by atomic mass is 16.5. The normalized spacial score (nSPS) is 22.2. The van der Waals surface area contributed by atoms with Crippen LogP contribution in [0.1, 0.15) is 19.3 Å². The molecule has 0 radical (unpaired) electrons. The Balaban J connectivity index is 2.20. The SMILES string of the molecule is NCC1(OCCO)CCC1. The minimum atomic E-state index is -0.0667. The lowest BCUT2D eigenvalue weighted by Crippen LogP contribution is -2.47. The lowest BCUT2D eigenvalue weighted by molar-refractivity contribution is -0.101. The van der Waals surface area contributed by atoms with Crippen molar-refractivity contribution in [3.63, 3.8) is 0 Å². The minimum absolute atomic E-state index is 0.0667. The van der Waals surface area contributed by atoms with Gasteiger partial charge in [-0.05, 0) is 19.3 Å². The Kier molecular flexibility index (Phi) is 2.65. The Bertz CT molecular complexity index is 96.3. The molecule has 3 N–H and O–H groups in total. The average Bonchev–Trinajstić information content (AvgIpc) is 1.87. The standard InChI is InChI=1S/C7H15NO2/c8-6-7(2-1-3-7)10-5-4-9/h9H,1-6,8H2. The highest BCUT2D eigenvalue weighted by Gasteiger charge is 2.36. The Labute approximate surface area is 61.2 Å². The molecule has 0 amide bonds. The first-order valence-electron chi connectivity index (χ1n) is 3.78. The molecule has 1 saturated carbocycles. The van der Waals surface area contributed by atoms with Crippen molar-refractivity contribution in [1.29, 1.82) is 0 Å². The van der Waals surface area contributed by atoms with Gasteiger partial charge in [0.1, 0.15) is 0 Å². The second-order valence-corrected chi connectivity index (χ2v) is 2.81. The molecule has 0 aromatic heterocycles. The summed E-state index contributed by atoms with van der Waals surface area (Å²) in [6, 6.07) is 0. The fourth-order valence-electron chi connectivity index (χ4n) is 1.24. The second-order valence-electron chi connectivity index (χ2n) is 2.81. The largest absolute Gasteiger partial charge is 0.394 e. The molecule has 0 saturated heterocycles. The maximum Gasteiger partial charge on any atom is 0.0805 e. The van der Waals surface area contributed by atoms with Crippen LogP contribution in [0.3, 0.4) is 0 Å². The lowest BCUT2D eigenvalue weighted by atomic mass is 9.80. The molecular formula is C7H15NO2. The van der Waals surface area contributed by atoms with Crippen LogP contribution in [-0.2, 0) is 4.74 Å². The van der Waals surface area contributed by atoms with E-state index in [0.29, 0.717) is 13.2 Å². The van der Waals surface area contributed by atoms with E-state index in [4.69, 9.17) is 15.6 Å². The highest BCUT2D eigenvalue weighted by Crippen LogP contribution is 2.34. The van der Waals surface area contributed by atoms with E-state index in [2.05, 4.69) is 0 Å². The van der Waals surface area contributed by atoms with Gasteiger partial charge >= 0.3 is 0 Å². The molecule has 3 nitrogen and oxygen atoms in total. The maximum atomic E-state index is 8.48. The second kappa shape index (κ2) is 3.32. The molecule has 0 spiro atoms. The van der Waals surface area contributed by atoms with Gasteiger partial charge < -0.3 is 15.6 Å². The summed E-state index contributed by atoms with van der Waals surface area (Å²) in [7, 11) is 0. The van der Waals surface area contributed by atoms with Gasteiger partial charge in [-0.1, -0.05) is 0 Å². The highest BCUT2D eigenvalue weighted by molar-refractivity contribution is 4.90. The summed E-state index contributed by atoms with van der Waals surface area (Å²) in [4.78, 5) is 0. The molecule has 1 aliphatic carbocycles. The first-order chi connectivity index (χ1) is 4.83. The smallest absolute Gasteiger partial charge is 0.0805 e. The van der Waals surface area contributed by atoms with E-state index in [1.165, 1.54) is 6.42 Å². The van der Waals surface area contributed by atoms with Crippen molar-refractivity contribution < 1.29 is 9.84 Å². The summed E-state index contributed by atoms with van der Waals surface area (Å²) in [6.07, 6.45) is 3.33. The molecule has 10 heavy (non-hydrogen) atoms. The molecule has 1 fully saturated rings. The zero-order valence-corrected chi connectivity index (χ0v) is 6.18. The van der Waals surface area contributed by atoms with Crippen LogP contribution >= 0.6 is 0 Å². The van der Waals surface area contributed by atoms with Crippen molar-refractivity contribution >= 4 is 0 Å². The van der Waals surface area contributed by atoms with Gasteiger partial charge in [-0.3, -0.25) is 0 Å². The third-order valence-electron chi connectivity index (χ3n) is 2.14. The number of hydrogen-bond donors (Lipinski definition) is 2. The molecule has 0 atom stereocenters. The quantitative estimate of drug-likeness (QED) is 0.579. The molecule has 0 heterocycles. The maximum absolute atomic E-state index is 8.48. The predicted molar refractivity (Wildman–Crippen MR) is 38.7 cm³/mol. The van der Waals surface area contributed by atoms with E-state index < -0.39 is 0 Å². The molecule has 0 aromatic carbocycles. The van der Waals surface area contributed by atoms with E-state index in [0.717, 1.165) is 12.8 Å². The van der Waals surface area contributed by atoms with Gasteiger partial charge in [0.05, 0.1) is 18.8 Å². The Hall–Kier alpha value is -0.120. The van der Waals surface area contributed by atoms with Crippen LogP contribution in [0.15, 0.2) is 0 Å². The minimum Gasteiger partial charge on any atom is -0.394 e. The zero-order chi connectivity index (χ0) is 7.45. The summed E-state index contributed by atoms with van der Waals surface area (Å²) in [6.45, 7) is 1.12. The van der Waals surface area contributed by atoms with Crippen LogP contribution in [0.4, 0.5) is 0 Å². The Morgan fingerprint density at radius 3 is 2.50 bits per heavy atom. The number of nitrogens with two attached hydrogens (primary N) is 1. The molecular weight excluding hydrogens is 130 g/mol. The molecule has 0 aromatic rings. The summed E-state index contributed by atoms with van der Waals surface area (Å²) < 4.78 is 5.39. The lowest BCUT2D eigenvalue weighted by Gasteiger charge is -2.40. The van der Waals surface area contributed by atoms with Gasteiger partial charge in [-0.2, -0.15) is 0 Å². The monoisotopic (exact) mass is 145 g/mol. The molecule has 0 bridgehead atoms. The van der Waals surface area contributed by atoms with Crippen LogP contribution in [-0.4, -0.2) is 30.5 Å². The van der Waals surface area contributed by atoms with E-state index >= 15 is 0 Å². The number of aliphatic hydroxyl groups is 1. The molecule has 1 aliphatic rings. The van der Waals surface area contributed by atoms with Crippen LogP contribution in [0.2, 0.25) is 0 Å². The van der Waals surface area contributed by atoms with E-state index in [9.17, 15) is 0 Å². The molecule has 0 aliphatic heterocycles. The summed E-state index contributed by atoms with van der Waals surface area (Å²) in [5.74, 6) is 0. The Morgan fingerprint density at radius 2 is 2.20 bits per heavy atom. The predicted octanol–water partition coefficient (Wildman–Crippen LogP) is -0.123. The number of ether oxygens (including phenoxy) is 1. The fraction of sp³-hybridized carbons (Fsp3) is 1.00. The molecule has 1 rings (SSSR count). The summed E-state index contributed by atoms with van der Waals surface area (Å²) in [5, 5.41) is 8.48. The van der Waals surface area contributed by atoms with Gasteiger partial charge in [0.2, 0.25) is 0 Å². The van der Waals surface area contributed by atoms with Crippen LogP contribution in [0, 0.1) is 0 Å². The number of rotatable bonds is 4. The van der Waals surface area contributed by atoms with Crippen molar-refractivity contribution in [2.45, 2.75) is 24.9 Å². The average molecular weight is 145 g/mol. The topological polar surface area (TPSA) is 55.5 Å². The van der Waals surface area contributed by atoms with E-state index in [1.807, 2.05) is 0 Å². The zero-order valence-electron chi connectivity index (χ0n) is 6.18. The summed E-state index contributed by atoms with van der Waals surface area (Å²) >= 11 is 0. The van der Waals surface area contributed by atoms with E-state index in [1.54, 1.807) is 0 Å².